The first kappa shape index (κ1) is 15.6. The zero-order chi connectivity index (χ0) is 15.6. The second-order valence-electron chi connectivity index (χ2n) is 4.27. The first-order valence-electron chi connectivity index (χ1n) is 5.92. The van der Waals surface area contributed by atoms with Crippen molar-refractivity contribution in [3.05, 3.63) is 63.9 Å². The third-order valence-electron chi connectivity index (χ3n) is 3.02. The van der Waals surface area contributed by atoms with Crippen LogP contribution in [0.5, 0.6) is 5.75 Å². The second kappa shape index (κ2) is 6.34. The van der Waals surface area contributed by atoms with Crippen LogP contribution in [-0.2, 0) is 0 Å². The number of methoxy groups -OCH3 is 1. The van der Waals surface area contributed by atoms with Crippen LogP contribution in [0, 0.1) is 17.5 Å². The lowest BCUT2D eigenvalue weighted by atomic mass is 9.97. The van der Waals surface area contributed by atoms with Crippen molar-refractivity contribution in [3.8, 4) is 5.75 Å². The van der Waals surface area contributed by atoms with Crippen LogP contribution in [0.4, 0.5) is 13.2 Å². The largest absolute Gasteiger partial charge is 0.496 e. The normalized spacial score (nSPS) is 12.3. The summed E-state index contributed by atoms with van der Waals surface area (Å²) in [5.74, 6) is 3.58. The van der Waals surface area contributed by atoms with Gasteiger partial charge in [-0.05, 0) is 30.3 Å². The summed E-state index contributed by atoms with van der Waals surface area (Å²) in [6.45, 7) is 0. The van der Waals surface area contributed by atoms with E-state index in [9.17, 15) is 13.2 Å². The zero-order valence-electron chi connectivity index (χ0n) is 11.0. The molecule has 2 aromatic rings. The molecule has 0 saturated carbocycles. The van der Waals surface area contributed by atoms with Crippen molar-refractivity contribution < 1.29 is 17.9 Å². The molecule has 0 radical (unpaired) electrons. The maximum Gasteiger partial charge on any atom is 0.142 e. The van der Waals surface area contributed by atoms with E-state index in [0.29, 0.717) is 0 Å². The van der Waals surface area contributed by atoms with Gasteiger partial charge in [0.1, 0.15) is 23.2 Å². The number of nitrogens with two attached hydrogens (primary N) is 1. The van der Waals surface area contributed by atoms with Gasteiger partial charge < -0.3 is 4.74 Å². The van der Waals surface area contributed by atoms with Gasteiger partial charge in [-0.2, -0.15) is 0 Å². The topological polar surface area (TPSA) is 47.3 Å². The molecule has 7 heteroatoms. The predicted molar refractivity (Wildman–Crippen MR) is 73.5 cm³/mol. The molecule has 21 heavy (non-hydrogen) atoms. The SMILES string of the molecule is COc1ccc(F)cc1C(NN)c1cc(F)c(Cl)cc1F. The molecule has 112 valence electrons. The zero-order valence-corrected chi connectivity index (χ0v) is 11.7. The minimum absolute atomic E-state index is 0.108. The minimum atomic E-state index is -0.998. The molecule has 1 unspecified atom stereocenters. The third-order valence-corrected chi connectivity index (χ3v) is 3.31. The Hall–Kier alpha value is -1.76. The van der Waals surface area contributed by atoms with Crippen molar-refractivity contribution in [1.82, 2.24) is 5.43 Å². The molecule has 0 saturated heterocycles. The van der Waals surface area contributed by atoms with Crippen molar-refractivity contribution >= 4 is 11.6 Å². The predicted octanol–water partition coefficient (Wildman–Crippen LogP) is 3.32. The number of halogens is 4. The lowest BCUT2D eigenvalue weighted by Gasteiger charge is -2.20. The van der Waals surface area contributed by atoms with E-state index in [1.54, 1.807) is 0 Å². The molecule has 0 amide bonds. The number of hydrogen-bond donors (Lipinski definition) is 2. The van der Waals surface area contributed by atoms with Crippen LogP contribution in [0.3, 0.4) is 0 Å². The van der Waals surface area contributed by atoms with E-state index < -0.39 is 23.5 Å². The fourth-order valence-electron chi connectivity index (χ4n) is 2.04. The molecule has 0 bridgehead atoms. The van der Waals surface area contributed by atoms with Crippen molar-refractivity contribution in [2.45, 2.75) is 6.04 Å². The van der Waals surface area contributed by atoms with E-state index in [1.165, 1.54) is 19.2 Å². The Kier molecular flexibility index (Phi) is 4.72. The van der Waals surface area contributed by atoms with E-state index >= 15 is 0 Å². The fraction of sp³-hybridized carbons (Fsp3) is 0.143. The number of rotatable bonds is 4. The second-order valence-corrected chi connectivity index (χ2v) is 4.68. The Balaban J connectivity index is 2.59. The highest BCUT2D eigenvalue weighted by Gasteiger charge is 2.22. The molecule has 2 rings (SSSR count). The Morgan fingerprint density at radius 1 is 1.10 bits per heavy atom. The van der Waals surface area contributed by atoms with Crippen LogP contribution in [0.15, 0.2) is 30.3 Å². The molecular formula is C14H12ClF3N2O. The average Bonchev–Trinajstić information content (AvgIpc) is 2.45. The van der Waals surface area contributed by atoms with Crippen molar-refractivity contribution in [2.75, 3.05) is 7.11 Å². The molecule has 3 N–H and O–H groups in total. The molecular weight excluding hydrogens is 305 g/mol. The van der Waals surface area contributed by atoms with Gasteiger partial charge in [0.25, 0.3) is 0 Å². The Labute approximate surface area is 124 Å². The van der Waals surface area contributed by atoms with Crippen LogP contribution in [0.1, 0.15) is 17.2 Å². The summed E-state index contributed by atoms with van der Waals surface area (Å²) in [6, 6.07) is 4.44. The summed E-state index contributed by atoms with van der Waals surface area (Å²) in [5.41, 5.74) is 2.46. The molecule has 3 nitrogen and oxygen atoms in total. The number of benzene rings is 2. The summed E-state index contributed by atoms with van der Waals surface area (Å²) < 4.78 is 46.1. The van der Waals surface area contributed by atoms with Gasteiger partial charge in [0, 0.05) is 11.1 Å². The van der Waals surface area contributed by atoms with Crippen molar-refractivity contribution in [1.29, 1.82) is 0 Å². The van der Waals surface area contributed by atoms with Crippen LogP contribution in [-0.4, -0.2) is 7.11 Å². The molecule has 0 spiro atoms. The van der Waals surface area contributed by atoms with Crippen molar-refractivity contribution in [2.24, 2.45) is 5.84 Å². The standard InChI is InChI=1S/C14H12ClF3N2O/c1-21-13-3-2-7(16)4-9(13)14(20-19)8-5-12(18)10(15)6-11(8)17/h2-6,14,20H,19H2,1H3. The summed E-state index contributed by atoms with van der Waals surface area (Å²) in [6.07, 6.45) is 0. The molecule has 1 atom stereocenters. The molecule has 2 aromatic carbocycles. The third kappa shape index (κ3) is 3.12. The van der Waals surface area contributed by atoms with Gasteiger partial charge in [-0.1, -0.05) is 11.6 Å². The van der Waals surface area contributed by atoms with E-state index in [-0.39, 0.29) is 21.9 Å². The smallest absolute Gasteiger partial charge is 0.142 e. The van der Waals surface area contributed by atoms with E-state index in [1.807, 2.05) is 0 Å². The number of ether oxygens (including phenoxy) is 1. The number of nitrogens with one attached hydrogen (secondary N) is 1. The average molecular weight is 317 g/mol. The number of hydrogen-bond acceptors (Lipinski definition) is 3. The minimum Gasteiger partial charge on any atom is -0.496 e. The Morgan fingerprint density at radius 2 is 1.81 bits per heavy atom. The maximum absolute atomic E-state index is 14.0. The van der Waals surface area contributed by atoms with Crippen LogP contribution in [0.25, 0.3) is 0 Å². The van der Waals surface area contributed by atoms with Gasteiger partial charge in [-0.15, -0.1) is 0 Å². The van der Waals surface area contributed by atoms with Gasteiger partial charge in [-0.25, -0.2) is 18.6 Å². The van der Waals surface area contributed by atoms with Gasteiger partial charge in [0.2, 0.25) is 0 Å². The highest BCUT2D eigenvalue weighted by molar-refractivity contribution is 6.30. The highest BCUT2D eigenvalue weighted by atomic mass is 35.5. The van der Waals surface area contributed by atoms with Gasteiger partial charge in [0.15, 0.2) is 0 Å². The van der Waals surface area contributed by atoms with Crippen LogP contribution < -0.4 is 16.0 Å². The quantitative estimate of drug-likeness (QED) is 0.517. The molecule has 0 aliphatic carbocycles. The molecule has 0 aromatic heterocycles. The summed E-state index contributed by atoms with van der Waals surface area (Å²) in [5, 5.41) is -0.349. The van der Waals surface area contributed by atoms with Gasteiger partial charge >= 0.3 is 0 Å². The van der Waals surface area contributed by atoms with Crippen LogP contribution >= 0.6 is 11.6 Å². The summed E-state index contributed by atoms with van der Waals surface area (Å²) in [4.78, 5) is 0. The molecule has 0 heterocycles. The van der Waals surface area contributed by atoms with Crippen molar-refractivity contribution in [3.63, 3.8) is 0 Å². The molecule has 0 aliphatic heterocycles. The lowest BCUT2D eigenvalue weighted by Crippen LogP contribution is -2.30. The molecule has 0 fully saturated rings. The first-order valence-corrected chi connectivity index (χ1v) is 6.29. The maximum atomic E-state index is 14.0. The van der Waals surface area contributed by atoms with E-state index in [4.69, 9.17) is 22.2 Å². The molecule has 0 aliphatic rings. The van der Waals surface area contributed by atoms with E-state index in [2.05, 4.69) is 5.43 Å². The first-order chi connectivity index (χ1) is 9.97. The highest BCUT2D eigenvalue weighted by Crippen LogP contribution is 2.33. The number of hydrazine groups is 1. The Morgan fingerprint density at radius 3 is 2.43 bits per heavy atom. The Bertz CT molecular complexity index is 667. The lowest BCUT2D eigenvalue weighted by molar-refractivity contribution is 0.401. The summed E-state index contributed by atoms with van der Waals surface area (Å²) >= 11 is 5.51. The van der Waals surface area contributed by atoms with Gasteiger partial charge in [0.05, 0.1) is 18.2 Å². The van der Waals surface area contributed by atoms with Gasteiger partial charge in [-0.3, -0.25) is 5.84 Å². The monoisotopic (exact) mass is 316 g/mol. The summed E-state index contributed by atoms with van der Waals surface area (Å²) in [7, 11) is 1.38. The fourth-order valence-corrected chi connectivity index (χ4v) is 2.19. The van der Waals surface area contributed by atoms with Crippen LogP contribution in [0.2, 0.25) is 5.02 Å². The van der Waals surface area contributed by atoms with E-state index in [0.717, 1.165) is 18.2 Å².